The average Bonchev–Trinajstić information content (AvgIpc) is 2.43. The molecule has 1 aliphatic heterocycles. The Morgan fingerprint density at radius 3 is 2.45 bits per heavy atom. The minimum Gasteiger partial charge on any atom is -0.343 e. The van der Waals surface area contributed by atoms with Crippen molar-refractivity contribution >= 4 is 11.8 Å². The molecule has 1 rings (SSSR count). The smallest absolute Gasteiger partial charge is 0.245 e. The van der Waals surface area contributed by atoms with Crippen LogP contribution < -0.4 is 5.32 Å². The molecule has 0 aromatic heterocycles. The summed E-state index contributed by atoms with van der Waals surface area (Å²) in [5.41, 5.74) is 0. The summed E-state index contributed by atoms with van der Waals surface area (Å²) in [5, 5.41) is 2.80. The molecule has 20 heavy (non-hydrogen) atoms. The molecule has 1 aliphatic rings. The zero-order valence-corrected chi connectivity index (χ0v) is 13.4. The Labute approximate surface area is 123 Å². The third-order valence-electron chi connectivity index (χ3n) is 4.25. The second-order valence-electron chi connectivity index (χ2n) is 5.94. The summed E-state index contributed by atoms with van der Waals surface area (Å²) in [7, 11) is 0. The fourth-order valence-corrected chi connectivity index (χ4v) is 2.89. The Kier molecular flexibility index (Phi) is 7.03. The van der Waals surface area contributed by atoms with Crippen LogP contribution in [0, 0.1) is 5.92 Å². The maximum Gasteiger partial charge on any atom is 0.245 e. The highest BCUT2D eigenvalue weighted by molar-refractivity contribution is 5.96. The molecule has 0 aromatic rings. The van der Waals surface area contributed by atoms with Crippen LogP contribution in [0.15, 0.2) is 0 Å². The van der Waals surface area contributed by atoms with Gasteiger partial charge in [-0.05, 0) is 25.7 Å². The minimum absolute atomic E-state index is 0.0179. The summed E-state index contributed by atoms with van der Waals surface area (Å²) in [6, 6.07) is -0.640. The van der Waals surface area contributed by atoms with Gasteiger partial charge in [0.1, 0.15) is 12.1 Å². The molecule has 116 valence electrons. The minimum atomic E-state index is -0.376. The quantitative estimate of drug-likeness (QED) is 0.744. The number of carbonyl (C=O) groups excluding carboxylic acids is 2. The fourth-order valence-electron chi connectivity index (χ4n) is 2.89. The Balaban J connectivity index is 2.77. The zero-order chi connectivity index (χ0) is 15.1. The van der Waals surface area contributed by atoms with Crippen molar-refractivity contribution < 1.29 is 9.59 Å². The molecule has 0 saturated carbocycles. The van der Waals surface area contributed by atoms with Gasteiger partial charge in [-0.3, -0.25) is 9.59 Å². The number of unbranched alkanes of at least 4 members (excludes halogenated alkanes) is 1. The predicted octanol–water partition coefficient (Wildman–Crippen LogP) is 2.72. The first-order valence-corrected chi connectivity index (χ1v) is 8.15. The van der Waals surface area contributed by atoms with Crippen LogP contribution in [0.3, 0.4) is 0 Å². The second-order valence-corrected chi connectivity index (χ2v) is 5.94. The van der Waals surface area contributed by atoms with Crippen LogP contribution >= 0.6 is 0 Å². The molecule has 0 aliphatic carbocycles. The molecule has 1 N–H and O–H groups in total. The number of amides is 2. The van der Waals surface area contributed by atoms with Crippen LogP contribution in [-0.4, -0.2) is 35.3 Å². The van der Waals surface area contributed by atoms with Gasteiger partial charge in [-0.15, -0.1) is 0 Å². The van der Waals surface area contributed by atoms with Crippen LogP contribution in [0.25, 0.3) is 0 Å². The maximum absolute atomic E-state index is 12.4. The largest absolute Gasteiger partial charge is 0.343 e. The van der Waals surface area contributed by atoms with Crippen molar-refractivity contribution in [1.29, 1.82) is 0 Å². The van der Waals surface area contributed by atoms with E-state index in [4.69, 9.17) is 0 Å². The first-order chi connectivity index (χ1) is 9.54. The normalized spacial score (nSPS) is 24.7. The second kappa shape index (κ2) is 8.28. The van der Waals surface area contributed by atoms with Crippen molar-refractivity contribution in [2.24, 2.45) is 5.92 Å². The highest BCUT2D eigenvalue weighted by atomic mass is 16.2. The predicted molar refractivity (Wildman–Crippen MR) is 81.3 cm³/mol. The average molecular weight is 282 g/mol. The Hall–Kier alpha value is -1.06. The topological polar surface area (TPSA) is 49.4 Å². The van der Waals surface area contributed by atoms with E-state index in [0.717, 1.165) is 32.2 Å². The van der Waals surface area contributed by atoms with Crippen LogP contribution in [0.1, 0.15) is 66.2 Å². The summed E-state index contributed by atoms with van der Waals surface area (Å²) in [6.07, 6.45) is 6.27. The number of hydrogen-bond donors (Lipinski definition) is 1. The molecule has 0 spiro atoms. The van der Waals surface area contributed by atoms with Gasteiger partial charge in [0.05, 0.1) is 0 Å². The van der Waals surface area contributed by atoms with Crippen molar-refractivity contribution in [3.8, 4) is 0 Å². The third kappa shape index (κ3) is 4.22. The SMILES string of the molecule is CCCCC(CC)CN1C(=O)C(C)NC(=O)C1CCC. The number of carbonyl (C=O) groups is 2. The van der Waals surface area contributed by atoms with Gasteiger partial charge in [0, 0.05) is 6.54 Å². The summed E-state index contributed by atoms with van der Waals surface area (Å²) < 4.78 is 0. The van der Waals surface area contributed by atoms with E-state index < -0.39 is 0 Å². The molecule has 4 heteroatoms. The number of nitrogens with one attached hydrogen (secondary N) is 1. The molecule has 2 amide bonds. The monoisotopic (exact) mass is 282 g/mol. The highest BCUT2D eigenvalue weighted by Gasteiger charge is 2.38. The molecule has 4 nitrogen and oxygen atoms in total. The van der Waals surface area contributed by atoms with Crippen LogP contribution in [-0.2, 0) is 9.59 Å². The van der Waals surface area contributed by atoms with Crippen molar-refractivity contribution in [3.63, 3.8) is 0 Å². The van der Waals surface area contributed by atoms with Gasteiger partial charge in [0.15, 0.2) is 0 Å². The van der Waals surface area contributed by atoms with Crippen LogP contribution in [0.2, 0.25) is 0 Å². The standard InChI is InChI=1S/C16H30N2O2/c1-5-8-10-13(7-3)11-18-14(9-6-2)15(19)17-12(4)16(18)20/h12-14H,5-11H2,1-4H3,(H,17,19). The Morgan fingerprint density at radius 2 is 1.90 bits per heavy atom. The lowest BCUT2D eigenvalue weighted by Gasteiger charge is -2.39. The van der Waals surface area contributed by atoms with E-state index in [-0.39, 0.29) is 23.9 Å². The van der Waals surface area contributed by atoms with Gasteiger partial charge >= 0.3 is 0 Å². The fraction of sp³-hybridized carbons (Fsp3) is 0.875. The lowest BCUT2D eigenvalue weighted by molar-refractivity contribution is -0.149. The molecule has 1 saturated heterocycles. The first kappa shape index (κ1) is 17.0. The van der Waals surface area contributed by atoms with E-state index in [1.165, 1.54) is 12.8 Å². The molecule has 0 radical (unpaired) electrons. The van der Waals surface area contributed by atoms with E-state index in [1.807, 2.05) is 4.90 Å². The van der Waals surface area contributed by atoms with E-state index in [2.05, 4.69) is 26.1 Å². The maximum atomic E-state index is 12.4. The summed E-state index contributed by atoms with van der Waals surface area (Å²) in [4.78, 5) is 26.4. The number of nitrogens with zero attached hydrogens (tertiary/aromatic N) is 1. The van der Waals surface area contributed by atoms with Gasteiger partial charge < -0.3 is 10.2 Å². The first-order valence-electron chi connectivity index (χ1n) is 8.15. The van der Waals surface area contributed by atoms with Gasteiger partial charge in [0.2, 0.25) is 11.8 Å². The van der Waals surface area contributed by atoms with Gasteiger partial charge in [-0.25, -0.2) is 0 Å². The molecule has 3 unspecified atom stereocenters. The van der Waals surface area contributed by atoms with Crippen LogP contribution in [0.4, 0.5) is 0 Å². The molecular weight excluding hydrogens is 252 g/mol. The number of hydrogen-bond acceptors (Lipinski definition) is 2. The van der Waals surface area contributed by atoms with Gasteiger partial charge in [-0.2, -0.15) is 0 Å². The Morgan fingerprint density at radius 1 is 1.20 bits per heavy atom. The van der Waals surface area contributed by atoms with E-state index in [0.29, 0.717) is 5.92 Å². The van der Waals surface area contributed by atoms with Crippen molar-refractivity contribution in [1.82, 2.24) is 10.2 Å². The summed E-state index contributed by atoms with van der Waals surface area (Å²) in [6.45, 7) is 8.93. The van der Waals surface area contributed by atoms with Crippen molar-refractivity contribution in [3.05, 3.63) is 0 Å². The Bertz CT molecular complexity index is 330. The van der Waals surface area contributed by atoms with Crippen molar-refractivity contribution in [2.75, 3.05) is 6.54 Å². The zero-order valence-electron chi connectivity index (χ0n) is 13.4. The van der Waals surface area contributed by atoms with E-state index in [1.54, 1.807) is 6.92 Å². The number of rotatable bonds is 8. The number of piperazine rings is 1. The highest BCUT2D eigenvalue weighted by Crippen LogP contribution is 2.21. The lowest BCUT2D eigenvalue weighted by Crippen LogP contribution is -2.63. The van der Waals surface area contributed by atoms with Gasteiger partial charge in [-0.1, -0.05) is 46.5 Å². The molecular formula is C16H30N2O2. The van der Waals surface area contributed by atoms with E-state index in [9.17, 15) is 9.59 Å². The van der Waals surface area contributed by atoms with E-state index >= 15 is 0 Å². The molecule has 1 fully saturated rings. The lowest BCUT2D eigenvalue weighted by atomic mass is 9.95. The molecule has 0 aromatic carbocycles. The molecule has 0 bridgehead atoms. The summed E-state index contributed by atoms with van der Waals surface area (Å²) in [5.74, 6) is 0.610. The molecule has 1 heterocycles. The van der Waals surface area contributed by atoms with Crippen molar-refractivity contribution in [2.45, 2.75) is 78.3 Å². The molecule has 3 atom stereocenters. The summed E-state index contributed by atoms with van der Waals surface area (Å²) >= 11 is 0. The third-order valence-corrected chi connectivity index (χ3v) is 4.25. The van der Waals surface area contributed by atoms with Crippen LogP contribution in [0.5, 0.6) is 0 Å². The van der Waals surface area contributed by atoms with Gasteiger partial charge in [0.25, 0.3) is 0 Å².